The third kappa shape index (κ3) is 3.61. The maximum atomic E-state index is 12.1. The number of thiocarbonyl (C=S) groups is 1. The Morgan fingerprint density at radius 3 is 2.55 bits per heavy atom. The number of nitrogens with zero attached hydrogens (tertiary/aromatic N) is 1. The van der Waals surface area contributed by atoms with Crippen LogP contribution in [0.15, 0.2) is 42.6 Å². The summed E-state index contributed by atoms with van der Waals surface area (Å²) in [6, 6.07) is 11.1. The number of carbonyl (C=O) groups is 1. The average molecular weight is 285 g/mol. The molecule has 0 radical (unpaired) electrons. The zero-order chi connectivity index (χ0) is 14.5. The van der Waals surface area contributed by atoms with Gasteiger partial charge < -0.3 is 5.32 Å². The number of pyridine rings is 1. The van der Waals surface area contributed by atoms with E-state index in [2.05, 4.69) is 15.6 Å². The molecule has 0 fully saturated rings. The minimum absolute atomic E-state index is 0.229. The molecule has 1 aromatic carbocycles. The van der Waals surface area contributed by atoms with E-state index >= 15 is 0 Å². The topological polar surface area (TPSA) is 54.0 Å². The molecule has 0 atom stereocenters. The third-order valence-corrected chi connectivity index (χ3v) is 2.97. The van der Waals surface area contributed by atoms with E-state index < -0.39 is 0 Å². The molecule has 2 N–H and O–H groups in total. The first-order valence-corrected chi connectivity index (χ1v) is 6.58. The standard InChI is InChI=1S/C15H15N3OS/c1-10-7-8-13(16-9-10)17-15(20)18-14(19)12-6-4-3-5-11(12)2/h3-9H,1-2H3,(H2,16,17,18,19,20). The highest BCUT2D eigenvalue weighted by Crippen LogP contribution is 2.07. The summed E-state index contributed by atoms with van der Waals surface area (Å²) in [5.74, 6) is 0.374. The van der Waals surface area contributed by atoms with Crippen LogP contribution in [0, 0.1) is 13.8 Å². The van der Waals surface area contributed by atoms with Crippen LogP contribution in [0.4, 0.5) is 5.82 Å². The molecule has 0 saturated heterocycles. The number of hydrogen-bond donors (Lipinski definition) is 2. The summed E-state index contributed by atoms with van der Waals surface area (Å²) in [5, 5.41) is 5.75. The summed E-state index contributed by atoms with van der Waals surface area (Å²) in [6.45, 7) is 3.84. The minimum Gasteiger partial charge on any atom is -0.317 e. The highest BCUT2D eigenvalue weighted by Gasteiger charge is 2.10. The maximum Gasteiger partial charge on any atom is 0.257 e. The lowest BCUT2D eigenvalue weighted by molar-refractivity contribution is 0.0977. The van der Waals surface area contributed by atoms with Crippen LogP contribution in [-0.4, -0.2) is 16.0 Å². The summed E-state index contributed by atoms with van der Waals surface area (Å²) in [6.07, 6.45) is 1.73. The molecule has 5 heteroatoms. The molecule has 0 saturated carbocycles. The number of benzene rings is 1. The summed E-state index contributed by atoms with van der Waals surface area (Å²) in [5.41, 5.74) is 2.57. The second kappa shape index (κ2) is 6.25. The second-order valence-electron chi connectivity index (χ2n) is 4.44. The van der Waals surface area contributed by atoms with E-state index in [0.29, 0.717) is 11.4 Å². The van der Waals surface area contributed by atoms with Crippen LogP contribution < -0.4 is 10.6 Å². The molecule has 1 aromatic heterocycles. The predicted molar refractivity (Wildman–Crippen MR) is 83.8 cm³/mol. The number of anilines is 1. The normalized spacial score (nSPS) is 9.90. The van der Waals surface area contributed by atoms with Gasteiger partial charge in [-0.05, 0) is 49.3 Å². The van der Waals surface area contributed by atoms with E-state index in [0.717, 1.165) is 11.1 Å². The summed E-state index contributed by atoms with van der Waals surface area (Å²) < 4.78 is 0. The molecule has 0 bridgehead atoms. The molecule has 2 aromatic rings. The highest BCUT2D eigenvalue weighted by atomic mass is 32.1. The highest BCUT2D eigenvalue weighted by molar-refractivity contribution is 7.80. The van der Waals surface area contributed by atoms with Gasteiger partial charge in [0.15, 0.2) is 5.11 Å². The Labute approximate surface area is 123 Å². The SMILES string of the molecule is Cc1ccc(NC(=S)NC(=O)c2ccccc2C)nc1. The smallest absolute Gasteiger partial charge is 0.257 e. The van der Waals surface area contributed by atoms with Crippen LogP contribution in [0.5, 0.6) is 0 Å². The zero-order valence-electron chi connectivity index (χ0n) is 11.3. The van der Waals surface area contributed by atoms with Gasteiger partial charge in [-0.1, -0.05) is 24.3 Å². The molecule has 20 heavy (non-hydrogen) atoms. The summed E-state index contributed by atoms with van der Waals surface area (Å²) >= 11 is 5.11. The van der Waals surface area contributed by atoms with Crippen LogP contribution in [0.2, 0.25) is 0 Å². The van der Waals surface area contributed by atoms with E-state index in [9.17, 15) is 4.79 Å². The van der Waals surface area contributed by atoms with Crippen molar-refractivity contribution in [2.24, 2.45) is 0 Å². The van der Waals surface area contributed by atoms with E-state index in [1.54, 1.807) is 12.3 Å². The Balaban J connectivity index is 2.00. The van der Waals surface area contributed by atoms with Gasteiger partial charge >= 0.3 is 0 Å². The van der Waals surface area contributed by atoms with Gasteiger partial charge in [0.25, 0.3) is 5.91 Å². The Hall–Kier alpha value is -2.27. The number of amides is 1. The van der Waals surface area contributed by atoms with Crippen LogP contribution >= 0.6 is 12.2 Å². The van der Waals surface area contributed by atoms with Gasteiger partial charge in [0.05, 0.1) is 0 Å². The first kappa shape index (κ1) is 14.1. The van der Waals surface area contributed by atoms with Crippen LogP contribution in [0.3, 0.4) is 0 Å². The molecule has 0 aliphatic carbocycles. The first-order chi connectivity index (χ1) is 9.56. The van der Waals surface area contributed by atoms with Crippen LogP contribution in [0.1, 0.15) is 21.5 Å². The van der Waals surface area contributed by atoms with Gasteiger partial charge in [-0.3, -0.25) is 10.1 Å². The van der Waals surface area contributed by atoms with E-state index in [1.165, 1.54) is 0 Å². The second-order valence-corrected chi connectivity index (χ2v) is 4.85. The molecule has 102 valence electrons. The Morgan fingerprint density at radius 2 is 1.90 bits per heavy atom. The number of aryl methyl sites for hydroxylation is 2. The van der Waals surface area contributed by atoms with E-state index in [4.69, 9.17) is 12.2 Å². The monoisotopic (exact) mass is 285 g/mol. The number of carbonyl (C=O) groups excluding carboxylic acids is 1. The lowest BCUT2D eigenvalue weighted by Crippen LogP contribution is -2.34. The van der Waals surface area contributed by atoms with Crippen molar-refractivity contribution in [1.29, 1.82) is 0 Å². The predicted octanol–water partition coefficient (Wildman–Crippen LogP) is 2.83. The number of hydrogen-bond acceptors (Lipinski definition) is 3. The lowest BCUT2D eigenvalue weighted by atomic mass is 10.1. The molecule has 2 rings (SSSR count). The minimum atomic E-state index is -0.229. The quantitative estimate of drug-likeness (QED) is 0.833. The Kier molecular flexibility index (Phi) is 4.42. The zero-order valence-corrected chi connectivity index (χ0v) is 12.1. The summed E-state index contributed by atoms with van der Waals surface area (Å²) in [4.78, 5) is 16.2. The number of rotatable bonds is 2. The van der Waals surface area contributed by atoms with Crippen LogP contribution in [0.25, 0.3) is 0 Å². The average Bonchev–Trinajstić information content (AvgIpc) is 2.41. The Morgan fingerprint density at radius 1 is 1.15 bits per heavy atom. The molecule has 4 nitrogen and oxygen atoms in total. The molecule has 0 spiro atoms. The fourth-order valence-corrected chi connectivity index (χ4v) is 1.88. The van der Waals surface area contributed by atoms with Crippen molar-refractivity contribution in [2.75, 3.05) is 5.32 Å². The Bertz CT molecular complexity index is 638. The van der Waals surface area contributed by atoms with Gasteiger partial charge in [0, 0.05) is 11.8 Å². The molecule has 0 aliphatic heterocycles. The molecule has 0 aliphatic rings. The number of nitrogens with one attached hydrogen (secondary N) is 2. The molecular weight excluding hydrogens is 270 g/mol. The van der Waals surface area contributed by atoms with Crippen molar-refractivity contribution in [2.45, 2.75) is 13.8 Å². The third-order valence-electron chi connectivity index (χ3n) is 2.77. The van der Waals surface area contributed by atoms with Gasteiger partial charge in [-0.2, -0.15) is 0 Å². The largest absolute Gasteiger partial charge is 0.317 e. The summed E-state index contributed by atoms with van der Waals surface area (Å²) in [7, 11) is 0. The van der Waals surface area contributed by atoms with Crippen molar-refractivity contribution in [1.82, 2.24) is 10.3 Å². The maximum absolute atomic E-state index is 12.1. The molecule has 1 amide bonds. The van der Waals surface area contributed by atoms with Crippen molar-refractivity contribution < 1.29 is 4.79 Å². The molecular formula is C15H15N3OS. The van der Waals surface area contributed by atoms with Crippen molar-refractivity contribution >= 4 is 29.1 Å². The molecule has 1 heterocycles. The van der Waals surface area contributed by atoms with Gasteiger partial charge in [0.2, 0.25) is 0 Å². The van der Waals surface area contributed by atoms with Gasteiger partial charge in [-0.15, -0.1) is 0 Å². The number of aromatic nitrogens is 1. The van der Waals surface area contributed by atoms with Crippen molar-refractivity contribution in [3.8, 4) is 0 Å². The van der Waals surface area contributed by atoms with Crippen molar-refractivity contribution in [3.63, 3.8) is 0 Å². The fourth-order valence-electron chi connectivity index (χ4n) is 1.69. The molecule has 0 unspecified atom stereocenters. The van der Waals surface area contributed by atoms with Gasteiger partial charge in [0.1, 0.15) is 5.82 Å². The van der Waals surface area contributed by atoms with E-state index in [1.807, 2.05) is 44.2 Å². The van der Waals surface area contributed by atoms with Crippen LogP contribution in [-0.2, 0) is 0 Å². The van der Waals surface area contributed by atoms with Crippen molar-refractivity contribution in [3.05, 3.63) is 59.3 Å². The van der Waals surface area contributed by atoms with Gasteiger partial charge in [-0.25, -0.2) is 4.98 Å². The van der Waals surface area contributed by atoms with E-state index in [-0.39, 0.29) is 11.0 Å². The fraction of sp³-hybridized carbons (Fsp3) is 0.133. The lowest BCUT2D eigenvalue weighted by Gasteiger charge is -2.10. The first-order valence-electron chi connectivity index (χ1n) is 6.17.